The number of methoxy groups -OCH3 is 1. The van der Waals surface area contributed by atoms with Crippen molar-refractivity contribution in [3.05, 3.63) is 35.3 Å². The van der Waals surface area contributed by atoms with Crippen LogP contribution in [0.1, 0.15) is 11.3 Å². The van der Waals surface area contributed by atoms with Gasteiger partial charge in [0.05, 0.1) is 13.2 Å². The van der Waals surface area contributed by atoms with Crippen molar-refractivity contribution in [2.45, 2.75) is 13.2 Å². The van der Waals surface area contributed by atoms with Crippen LogP contribution in [0.2, 0.25) is 0 Å². The topological polar surface area (TPSA) is 34.4 Å². The van der Waals surface area contributed by atoms with Crippen molar-refractivity contribution < 1.29 is 13.5 Å². The lowest BCUT2D eigenvalue weighted by Crippen LogP contribution is -2.06. The van der Waals surface area contributed by atoms with E-state index in [9.17, 15) is 4.39 Å². The summed E-state index contributed by atoms with van der Waals surface area (Å²) in [6, 6.07) is 4.91. The van der Waals surface area contributed by atoms with Gasteiger partial charge < -0.3 is 14.5 Å². The minimum atomic E-state index is -0.336. The fourth-order valence-electron chi connectivity index (χ4n) is 1.79. The molecule has 4 heteroatoms. The summed E-state index contributed by atoms with van der Waals surface area (Å²) in [5, 5.41) is 3.78. The van der Waals surface area contributed by atoms with Gasteiger partial charge in [-0.05, 0) is 13.1 Å². The third-order valence-electron chi connectivity index (χ3n) is 2.48. The quantitative estimate of drug-likeness (QED) is 0.864. The first-order valence-corrected chi connectivity index (χ1v) is 5.10. The summed E-state index contributed by atoms with van der Waals surface area (Å²) in [6.07, 6.45) is 0. The second kappa shape index (κ2) is 4.63. The molecule has 0 radical (unpaired) electrons. The Kier molecular flexibility index (Phi) is 3.22. The fourth-order valence-corrected chi connectivity index (χ4v) is 1.79. The van der Waals surface area contributed by atoms with Gasteiger partial charge in [0, 0.05) is 18.1 Å². The van der Waals surface area contributed by atoms with E-state index < -0.39 is 0 Å². The van der Waals surface area contributed by atoms with Crippen LogP contribution in [-0.2, 0) is 17.9 Å². The molecular weight excluding hydrogens is 209 g/mol. The Bertz CT molecular complexity index is 493. The summed E-state index contributed by atoms with van der Waals surface area (Å²) in [7, 11) is 3.43. The summed E-state index contributed by atoms with van der Waals surface area (Å²) in [4.78, 5) is 0. The normalized spacial score (nSPS) is 11.2. The smallest absolute Gasteiger partial charge is 0.170 e. The molecule has 2 rings (SSSR count). The van der Waals surface area contributed by atoms with Gasteiger partial charge >= 0.3 is 0 Å². The summed E-state index contributed by atoms with van der Waals surface area (Å²) in [6.45, 7) is 0.986. The van der Waals surface area contributed by atoms with Crippen molar-refractivity contribution in [2.24, 2.45) is 0 Å². The Morgan fingerprint density at radius 2 is 2.25 bits per heavy atom. The first kappa shape index (κ1) is 11.1. The molecule has 86 valence electrons. The molecule has 0 fully saturated rings. The molecule has 0 bridgehead atoms. The minimum Gasteiger partial charge on any atom is -0.456 e. The van der Waals surface area contributed by atoms with Crippen LogP contribution in [0.25, 0.3) is 11.0 Å². The zero-order valence-corrected chi connectivity index (χ0v) is 9.34. The maximum Gasteiger partial charge on any atom is 0.170 e. The molecule has 3 nitrogen and oxygen atoms in total. The second-order valence-corrected chi connectivity index (χ2v) is 3.58. The molecule has 1 N–H and O–H groups in total. The Morgan fingerprint density at radius 1 is 1.44 bits per heavy atom. The van der Waals surface area contributed by atoms with E-state index in [1.54, 1.807) is 13.2 Å². The number of hydrogen-bond acceptors (Lipinski definition) is 3. The highest BCUT2D eigenvalue weighted by molar-refractivity contribution is 5.82. The van der Waals surface area contributed by atoms with E-state index in [1.165, 1.54) is 6.07 Å². The zero-order chi connectivity index (χ0) is 11.5. The molecule has 0 amide bonds. The number of benzene rings is 1. The van der Waals surface area contributed by atoms with Gasteiger partial charge in [0.15, 0.2) is 11.4 Å². The molecule has 0 aliphatic rings. The molecule has 0 spiro atoms. The largest absolute Gasteiger partial charge is 0.456 e. The van der Waals surface area contributed by atoms with Crippen LogP contribution in [0.5, 0.6) is 0 Å². The van der Waals surface area contributed by atoms with Crippen LogP contribution >= 0.6 is 0 Å². The van der Waals surface area contributed by atoms with Gasteiger partial charge in [-0.1, -0.05) is 12.1 Å². The lowest BCUT2D eigenvalue weighted by atomic mass is 10.1. The van der Waals surface area contributed by atoms with Crippen LogP contribution < -0.4 is 5.32 Å². The van der Waals surface area contributed by atoms with Crippen LogP contribution in [0.3, 0.4) is 0 Å². The number of para-hydroxylation sites is 1. The molecule has 1 aromatic carbocycles. The van der Waals surface area contributed by atoms with E-state index in [0.717, 1.165) is 16.7 Å². The van der Waals surface area contributed by atoms with Gasteiger partial charge in [-0.3, -0.25) is 0 Å². The Hall–Kier alpha value is -1.39. The Labute approximate surface area is 93.2 Å². The van der Waals surface area contributed by atoms with E-state index >= 15 is 0 Å². The standard InChI is InChI=1S/C12H14FNO2/c1-14-6-11-9(7-15-2)8-4-3-5-10(13)12(8)16-11/h3-5,14H,6-7H2,1-2H3. The first-order chi connectivity index (χ1) is 7.77. The number of hydrogen-bond donors (Lipinski definition) is 1. The highest BCUT2D eigenvalue weighted by Crippen LogP contribution is 2.28. The lowest BCUT2D eigenvalue weighted by Gasteiger charge is -2.00. The number of halogens is 1. The molecule has 1 aromatic heterocycles. The summed E-state index contributed by atoms with van der Waals surface area (Å²) in [5.41, 5.74) is 1.21. The third-order valence-corrected chi connectivity index (χ3v) is 2.48. The zero-order valence-electron chi connectivity index (χ0n) is 9.34. The van der Waals surface area contributed by atoms with Gasteiger partial charge in [-0.25, -0.2) is 4.39 Å². The fraction of sp³-hybridized carbons (Fsp3) is 0.333. The van der Waals surface area contributed by atoms with Gasteiger partial charge in [0.1, 0.15) is 5.76 Å². The maximum absolute atomic E-state index is 13.5. The summed E-state index contributed by atoms with van der Waals surface area (Å²) < 4.78 is 24.1. The van der Waals surface area contributed by atoms with Crippen molar-refractivity contribution in [2.75, 3.05) is 14.2 Å². The lowest BCUT2D eigenvalue weighted by molar-refractivity contribution is 0.183. The average Bonchev–Trinajstić information content (AvgIpc) is 2.61. The number of nitrogens with one attached hydrogen (secondary N) is 1. The van der Waals surface area contributed by atoms with E-state index in [1.807, 2.05) is 13.1 Å². The van der Waals surface area contributed by atoms with Gasteiger partial charge in [-0.2, -0.15) is 0 Å². The molecule has 1 heterocycles. The molecule has 0 unspecified atom stereocenters. The monoisotopic (exact) mass is 223 g/mol. The number of rotatable bonds is 4. The van der Waals surface area contributed by atoms with Crippen LogP contribution in [0.15, 0.2) is 22.6 Å². The third kappa shape index (κ3) is 1.81. The Morgan fingerprint density at radius 3 is 2.94 bits per heavy atom. The van der Waals surface area contributed by atoms with Crippen molar-refractivity contribution in [1.82, 2.24) is 5.32 Å². The highest BCUT2D eigenvalue weighted by atomic mass is 19.1. The van der Waals surface area contributed by atoms with Gasteiger partial charge in [-0.15, -0.1) is 0 Å². The van der Waals surface area contributed by atoms with Crippen LogP contribution in [0, 0.1) is 5.82 Å². The predicted molar refractivity (Wildman–Crippen MR) is 59.6 cm³/mol. The number of fused-ring (bicyclic) bond motifs is 1. The molecule has 0 aliphatic carbocycles. The molecule has 16 heavy (non-hydrogen) atoms. The SMILES string of the molecule is CNCc1oc2c(F)cccc2c1COC. The molecule has 0 saturated heterocycles. The molecule has 0 saturated carbocycles. The van der Waals surface area contributed by atoms with Crippen molar-refractivity contribution in [3.63, 3.8) is 0 Å². The highest BCUT2D eigenvalue weighted by Gasteiger charge is 2.15. The number of ether oxygens (including phenoxy) is 1. The summed E-state index contributed by atoms with van der Waals surface area (Å²) >= 11 is 0. The summed E-state index contributed by atoms with van der Waals surface area (Å²) in [5.74, 6) is 0.390. The first-order valence-electron chi connectivity index (χ1n) is 5.10. The minimum absolute atomic E-state index is 0.305. The van der Waals surface area contributed by atoms with E-state index in [-0.39, 0.29) is 5.82 Å². The van der Waals surface area contributed by atoms with Crippen molar-refractivity contribution in [1.29, 1.82) is 0 Å². The van der Waals surface area contributed by atoms with Crippen LogP contribution in [0.4, 0.5) is 4.39 Å². The van der Waals surface area contributed by atoms with Crippen LogP contribution in [-0.4, -0.2) is 14.2 Å². The van der Waals surface area contributed by atoms with Gasteiger partial charge in [0.2, 0.25) is 0 Å². The van der Waals surface area contributed by atoms with E-state index in [0.29, 0.717) is 18.7 Å². The van der Waals surface area contributed by atoms with Crippen molar-refractivity contribution in [3.8, 4) is 0 Å². The molecule has 2 aromatic rings. The average molecular weight is 223 g/mol. The van der Waals surface area contributed by atoms with E-state index in [4.69, 9.17) is 9.15 Å². The molecule has 0 atom stereocenters. The van der Waals surface area contributed by atoms with Gasteiger partial charge in [0.25, 0.3) is 0 Å². The second-order valence-electron chi connectivity index (χ2n) is 3.58. The molecular formula is C12H14FNO2. The predicted octanol–water partition coefficient (Wildman–Crippen LogP) is 2.44. The van der Waals surface area contributed by atoms with Crippen molar-refractivity contribution >= 4 is 11.0 Å². The van der Waals surface area contributed by atoms with E-state index in [2.05, 4.69) is 5.32 Å². The Balaban J connectivity index is 2.60. The maximum atomic E-state index is 13.5. The molecule has 0 aliphatic heterocycles. The number of furan rings is 1.